The Balaban J connectivity index is 1.88. The molecule has 0 radical (unpaired) electrons. The summed E-state index contributed by atoms with van der Waals surface area (Å²) in [6.45, 7) is 0. The molecule has 1 N–H and O–H groups in total. The van der Waals surface area contributed by atoms with E-state index in [4.69, 9.17) is 14.5 Å². The predicted octanol–water partition coefficient (Wildman–Crippen LogP) is 4.93. The fourth-order valence-corrected chi connectivity index (χ4v) is 5.64. The van der Waals surface area contributed by atoms with E-state index < -0.39 is 0 Å². The van der Waals surface area contributed by atoms with Gasteiger partial charge in [0.1, 0.15) is 10.7 Å². The van der Waals surface area contributed by atoms with Crippen LogP contribution in [0.15, 0.2) is 16.9 Å². The summed E-state index contributed by atoms with van der Waals surface area (Å²) in [4.78, 5) is 23.0. The molecule has 0 amide bonds. The number of fused-ring (bicyclic) bond motifs is 3. The van der Waals surface area contributed by atoms with Crippen molar-refractivity contribution in [2.75, 3.05) is 14.2 Å². The first-order valence-corrected chi connectivity index (χ1v) is 11.0. The van der Waals surface area contributed by atoms with Crippen LogP contribution in [0.2, 0.25) is 0 Å². The highest BCUT2D eigenvalue weighted by atomic mass is 127. The largest absolute Gasteiger partial charge is 0.493 e. The summed E-state index contributed by atoms with van der Waals surface area (Å²) < 4.78 is 11.7. The Morgan fingerprint density at radius 1 is 1.07 bits per heavy atom. The van der Waals surface area contributed by atoms with Crippen molar-refractivity contribution in [1.82, 2.24) is 9.97 Å². The third kappa shape index (κ3) is 3.47. The lowest BCUT2D eigenvalue weighted by atomic mass is 9.98. The number of aryl methyl sites for hydroxylation is 2. The molecule has 3 aromatic rings. The Morgan fingerprint density at radius 2 is 1.78 bits per heavy atom. The summed E-state index contributed by atoms with van der Waals surface area (Å²) >= 11 is 3.91. The number of methoxy groups -OCH3 is 2. The lowest BCUT2D eigenvalue weighted by Crippen LogP contribution is -2.11. The van der Waals surface area contributed by atoms with Crippen LogP contribution in [0.4, 0.5) is 0 Å². The Hall–Kier alpha value is -1.61. The van der Waals surface area contributed by atoms with Gasteiger partial charge in [0.2, 0.25) is 0 Å². The number of nitrogens with one attached hydrogen (secondary N) is 1. The van der Waals surface area contributed by atoms with E-state index in [9.17, 15) is 4.79 Å². The Labute approximate surface area is 175 Å². The maximum absolute atomic E-state index is 12.9. The number of aromatic nitrogens is 2. The number of nitrogens with zero attached hydrogens (tertiary/aromatic N) is 1. The van der Waals surface area contributed by atoms with Crippen LogP contribution in [0.1, 0.15) is 36.1 Å². The number of hydrogen-bond acceptors (Lipinski definition) is 5. The minimum Gasteiger partial charge on any atom is -0.493 e. The summed E-state index contributed by atoms with van der Waals surface area (Å²) in [5.41, 5.74) is 2.02. The van der Waals surface area contributed by atoms with Crippen LogP contribution in [0.25, 0.3) is 21.6 Å². The first-order chi connectivity index (χ1) is 13.1. The number of aromatic amines is 1. The van der Waals surface area contributed by atoms with Gasteiger partial charge in [-0.05, 0) is 66.0 Å². The zero-order valence-corrected chi connectivity index (χ0v) is 18.3. The van der Waals surface area contributed by atoms with E-state index >= 15 is 0 Å². The molecule has 4 rings (SSSR count). The van der Waals surface area contributed by atoms with Crippen LogP contribution >= 0.6 is 33.9 Å². The molecule has 0 fully saturated rings. The number of thiophene rings is 1. The van der Waals surface area contributed by atoms with Crippen LogP contribution in [-0.4, -0.2) is 24.2 Å². The second-order valence-corrected chi connectivity index (χ2v) is 8.95. The van der Waals surface area contributed by atoms with Gasteiger partial charge in [0.25, 0.3) is 5.56 Å². The molecule has 0 bridgehead atoms. The standard InChI is InChI=1S/C20H21IN2O3S/c1-25-14-9-12(13(21)10-15(14)26-2)18-22-19(24)17-11-7-5-3-4-6-8-16(11)27-20(17)23-18/h9-10H,3-8H2,1-2H3,(H,22,23,24). The zero-order valence-electron chi connectivity index (χ0n) is 15.4. The second kappa shape index (κ2) is 7.79. The summed E-state index contributed by atoms with van der Waals surface area (Å²) in [6, 6.07) is 3.76. The predicted molar refractivity (Wildman–Crippen MR) is 117 cm³/mol. The Morgan fingerprint density at radius 3 is 2.52 bits per heavy atom. The molecule has 1 aliphatic carbocycles. The molecular formula is C20H21IN2O3S. The van der Waals surface area contributed by atoms with Crippen molar-refractivity contribution in [1.29, 1.82) is 0 Å². The molecule has 142 valence electrons. The van der Waals surface area contributed by atoms with E-state index in [0.29, 0.717) is 17.3 Å². The monoisotopic (exact) mass is 496 g/mol. The molecule has 2 aromatic heterocycles. The molecule has 0 saturated carbocycles. The lowest BCUT2D eigenvalue weighted by Gasteiger charge is -2.11. The zero-order chi connectivity index (χ0) is 19.0. The van der Waals surface area contributed by atoms with Gasteiger partial charge in [-0.2, -0.15) is 0 Å². The molecular weight excluding hydrogens is 475 g/mol. The average molecular weight is 496 g/mol. The molecule has 5 nitrogen and oxygen atoms in total. The molecule has 0 atom stereocenters. The summed E-state index contributed by atoms with van der Waals surface area (Å²) in [5.74, 6) is 1.86. The van der Waals surface area contributed by atoms with Crippen LogP contribution in [0, 0.1) is 3.57 Å². The van der Waals surface area contributed by atoms with E-state index in [-0.39, 0.29) is 5.56 Å². The number of ether oxygens (including phenoxy) is 2. The molecule has 1 aliphatic rings. The molecule has 27 heavy (non-hydrogen) atoms. The van der Waals surface area contributed by atoms with Gasteiger partial charge in [-0.25, -0.2) is 4.98 Å². The van der Waals surface area contributed by atoms with Gasteiger partial charge in [0, 0.05) is 14.0 Å². The lowest BCUT2D eigenvalue weighted by molar-refractivity contribution is 0.355. The van der Waals surface area contributed by atoms with Crippen molar-refractivity contribution < 1.29 is 9.47 Å². The fraction of sp³-hybridized carbons (Fsp3) is 0.400. The van der Waals surface area contributed by atoms with E-state index in [1.54, 1.807) is 25.6 Å². The molecule has 0 aliphatic heterocycles. The third-order valence-corrected chi connectivity index (χ3v) is 7.13. The quantitative estimate of drug-likeness (QED) is 0.523. The summed E-state index contributed by atoms with van der Waals surface area (Å²) in [7, 11) is 3.22. The first-order valence-electron chi connectivity index (χ1n) is 9.09. The number of benzene rings is 1. The normalized spacial score (nSPS) is 14.5. The topological polar surface area (TPSA) is 64.2 Å². The van der Waals surface area contributed by atoms with Gasteiger partial charge < -0.3 is 14.5 Å². The third-order valence-electron chi connectivity index (χ3n) is 5.05. The van der Waals surface area contributed by atoms with Gasteiger partial charge >= 0.3 is 0 Å². The van der Waals surface area contributed by atoms with E-state index in [1.807, 2.05) is 12.1 Å². The molecule has 7 heteroatoms. The minimum atomic E-state index is -0.0429. The van der Waals surface area contributed by atoms with Crippen molar-refractivity contribution in [3.05, 3.63) is 36.5 Å². The first kappa shape index (κ1) is 18.7. The average Bonchev–Trinajstić information content (AvgIpc) is 2.98. The second-order valence-electron chi connectivity index (χ2n) is 6.70. The minimum absolute atomic E-state index is 0.0429. The number of hydrogen-bond donors (Lipinski definition) is 1. The van der Waals surface area contributed by atoms with Crippen LogP contribution in [0.5, 0.6) is 11.5 Å². The van der Waals surface area contributed by atoms with Gasteiger partial charge in [-0.3, -0.25) is 4.79 Å². The van der Waals surface area contributed by atoms with Crippen LogP contribution in [-0.2, 0) is 12.8 Å². The van der Waals surface area contributed by atoms with Crippen molar-refractivity contribution in [3.8, 4) is 22.9 Å². The van der Waals surface area contributed by atoms with Gasteiger partial charge in [0.05, 0.1) is 19.6 Å². The number of rotatable bonds is 3. The smallest absolute Gasteiger partial charge is 0.260 e. The Bertz CT molecular complexity index is 1060. The molecule has 2 heterocycles. The van der Waals surface area contributed by atoms with E-state index in [1.165, 1.54) is 29.7 Å². The molecule has 0 unspecified atom stereocenters. The van der Waals surface area contributed by atoms with Gasteiger partial charge in [-0.1, -0.05) is 12.8 Å². The van der Waals surface area contributed by atoms with Gasteiger partial charge in [-0.15, -0.1) is 11.3 Å². The molecule has 1 aromatic carbocycles. The van der Waals surface area contributed by atoms with Crippen molar-refractivity contribution in [2.24, 2.45) is 0 Å². The van der Waals surface area contributed by atoms with Crippen LogP contribution in [0.3, 0.4) is 0 Å². The van der Waals surface area contributed by atoms with E-state index in [0.717, 1.165) is 38.6 Å². The molecule has 0 spiro atoms. The maximum atomic E-state index is 12.9. The van der Waals surface area contributed by atoms with Gasteiger partial charge in [0.15, 0.2) is 11.5 Å². The summed E-state index contributed by atoms with van der Waals surface area (Å²) in [5, 5.41) is 0.788. The van der Waals surface area contributed by atoms with Crippen molar-refractivity contribution in [3.63, 3.8) is 0 Å². The van der Waals surface area contributed by atoms with E-state index in [2.05, 4.69) is 27.6 Å². The number of H-pyrrole nitrogens is 1. The van der Waals surface area contributed by atoms with Crippen molar-refractivity contribution >= 4 is 44.1 Å². The maximum Gasteiger partial charge on any atom is 0.260 e. The highest BCUT2D eigenvalue weighted by molar-refractivity contribution is 14.1. The Kier molecular flexibility index (Phi) is 5.41. The number of halogens is 1. The highest BCUT2D eigenvalue weighted by Gasteiger charge is 2.20. The summed E-state index contributed by atoms with van der Waals surface area (Å²) in [6.07, 6.45) is 6.88. The SMILES string of the molecule is COc1cc(I)c(-c2nc3sc4c(c3c(=O)[nH]2)CCCCCC4)cc1OC. The molecule has 0 saturated heterocycles. The van der Waals surface area contributed by atoms with Crippen LogP contribution < -0.4 is 15.0 Å². The van der Waals surface area contributed by atoms with Crippen molar-refractivity contribution in [2.45, 2.75) is 38.5 Å². The highest BCUT2D eigenvalue weighted by Crippen LogP contribution is 2.37. The fourth-order valence-electron chi connectivity index (χ4n) is 3.68.